The molecule has 2 aromatic carbocycles. The second-order valence-corrected chi connectivity index (χ2v) is 7.43. The number of pyridine rings is 1. The van der Waals surface area contributed by atoms with Crippen molar-refractivity contribution >= 4 is 42.5 Å². The fraction of sp³-hybridized carbons (Fsp3) is 0.0625. The Labute approximate surface area is 137 Å². The van der Waals surface area contributed by atoms with Gasteiger partial charge in [-0.2, -0.15) is 0 Å². The largest absolute Gasteiger partial charge is 0.278 e. The number of fused-ring (bicyclic) bond motifs is 1. The Morgan fingerprint density at radius 3 is 2.64 bits per heavy atom. The van der Waals surface area contributed by atoms with E-state index in [2.05, 4.69) is 25.6 Å². The van der Waals surface area contributed by atoms with Crippen molar-refractivity contribution in [3.8, 4) is 0 Å². The molecule has 0 spiro atoms. The molecule has 1 heterocycles. The Hall–Kier alpha value is -1.92. The molecule has 112 valence electrons. The van der Waals surface area contributed by atoms with E-state index in [0.29, 0.717) is 15.7 Å². The normalized spacial score (nSPS) is 11.5. The van der Waals surface area contributed by atoms with E-state index in [9.17, 15) is 8.42 Å². The Morgan fingerprint density at radius 1 is 1.09 bits per heavy atom. The lowest BCUT2D eigenvalue weighted by Crippen LogP contribution is -2.14. The summed E-state index contributed by atoms with van der Waals surface area (Å²) >= 11 is 3.34. The minimum atomic E-state index is -3.72. The van der Waals surface area contributed by atoms with E-state index >= 15 is 0 Å². The lowest BCUT2D eigenvalue weighted by Gasteiger charge is -2.11. The van der Waals surface area contributed by atoms with Crippen molar-refractivity contribution in [3.05, 3.63) is 64.8 Å². The van der Waals surface area contributed by atoms with E-state index in [0.717, 1.165) is 10.9 Å². The molecule has 0 atom stereocenters. The van der Waals surface area contributed by atoms with E-state index in [1.54, 1.807) is 36.5 Å². The summed E-state index contributed by atoms with van der Waals surface area (Å²) < 4.78 is 28.6. The molecule has 0 aliphatic carbocycles. The smallest absolute Gasteiger partial charge is 0.264 e. The van der Waals surface area contributed by atoms with Gasteiger partial charge in [-0.25, -0.2) is 8.42 Å². The molecule has 0 saturated carbocycles. The van der Waals surface area contributed by atoms with Crippen LogP contribution < -0.4 is 4.72 Å². The Bertz CT molecular complexity index is 955. The lowest BCUT2D eigenvalue weighted by molar-refractivity contribution is 0.602. The maximum absolute atomic E-state index is 12.7. The quantitative estimate of drug-likeness (QED) is 0.748. The molecule has 1 N–H and O–H groups in total. The Morgan fingerprint density at radius 2 is 1.86 bits per heavy atom. The van der Waals surface area contributed by atoms with Crippen LogP contribution in [-0.2, 0) is 10.0 Å². The van der Waals surface area contributed by atoms with Crippen LogP contribution in [0, 0.1) is 6.92 Å². The summed E-state index contributed by atoms with van der Waals surface area (Å²) in [5.41, 5.74) is 1.94. The topological polar surface area (TPSA) is 59.1 Å². The molecule has 22 heavy (non-hydrogen) atoms. The van der Waals surface area contributed by atoms with Gasteiger partial charge in [0.1, 0.15) is 4.90 Å². The number of anilines is 1. The lowest BCUT2D eigenvalue weighted by atomic mass is 10.2. The Balaban J connectivity index is 2.12. The van der Waals surface area contributed by atoms with Gasteiger partial charge in [-0.3, -0.25) is 9.71 Å². The number of hydrogen-bond acceptors (Lipinski definition) is 3. The molecule has 0 fully saturated rings. The monoisotopic (exact) mass is 376 g/mol. The molecule has 0 aliphatic heterocycles. The molecule has 3 rings (SSSR count). The van der Waals surface area contributed by atoms with E-state index in [1.807, 2.05) is 25.1 Å². The molecule has 4 nitrogen and oxygen atoms in total. The van der Waals surface area contributed by atoms with Gasteiger partial charge >= 0.3 is 0 Å². The van der Waals surface area contributed by atoms with Crippen LogP contribution in [0.4, 0.5) is 5.69 Å². The van der Waals surface area contributed by atoms with Crippen LogP contribution in [0.25, 0.3) is 10.9 Å². The molecular formula is C16H13BrN2O2S. The van der Waals surface area contributed by atoms with Gasteiger partial charge in [0.15, 0.2) is 0 Å². The van der Waals surface area contributed by atoms with Crippen molar-refractivity contribution in [2.24, 2.45) is 0 Å². The summed E-state index contributed by atoms with van der Waals surface area (Å²) in [4.78, 5) is 4.45. The standard InChI is InChI=1S/C16H13BrN2O2S/c1-11-9-12-5-4-8-15(16(12)18-10-11)22(20,21)19-14-7-3-2-6-13(14)17/h2-10,19H,1H3. The third-order valence-electron chi connectivity index (χ3n) is 3.22. The third kappa shape index (κ3) is 2.84. The van der Waals surface area contributed by atoms with Crippen LogP contribution in [0.15, 0.2) is 64.1 Å². The third-order valence-corrected chi connectivity index (χ3v) is 5.31. The highest BCUT2D eigenvalue weighted by atomic mass is 79.9. The predicted octanol–water partition coefficient (Wildman–Crippen LogP) is 4.11. The molecule has 3 aromatic rings. The van der Waals surface area contributed by atoms with Crippen molar-refractivity contribution in [2.75, 3.05) is 4.72 Å². The van der Waals surface area contributed by atoms with Crippen LogP contribution >= 0.6 is 15.9 Å². The summed E-state index contributed by atoms with van der Waals surface area (Å²) in [7, 11) is -3.72. The zero-order valence-corrected chi connectivity index (χ0v) is 14.1. The van der Waals surface area contributed by atoms with Crippen LogP contribution in [0.5, 0.6) is 0 Å². The number of nitrogens with zero attached hydrogens (tertiary/aromatic N) is 1. The molecule has 0 radical (unpaired) electrons. The number of sulfonamides is 1. The first-order valence-electron chi connectivity index (χ1n) is 6.60. The van der Waals surface area contributed by atoms with Gasteiger partial charge < -0.3 is 0 Å². The van der Waals surface area contributed by atoms with Crippen LogP contribution in [0.2, 0.25) is 0 Å². The van der Waals surface area contributed by atoms with Crippen LogP contribution in [0.3, 0.4) is 0 Å². The van der Waals surface area contributed by atoms with E-state index < -0.39 is 10.0 Å². The van der Waals surface area contributed by atoms with Crippen LogP contribution in [0.1, 0.15) is 5.56 Å². The van der Waals surface area contributed by atoms with Gasteiger partial charge in [0.25, 0.3) is 10.0 Å². The van der Waals surface area contributed by atoms with Gasteiger partial charge in [-0.15, -0.1) is 0 Å². The molecule has 1 aromatic heterocycles. The summed E-state index contributed by atoms with van der Waals surface area (Å²) in [5.74, 6) is 0. The number of rotatable bonds is 3. The molecule has 0 bridgehead atoms. The number of aromatic nitrogens is 1. The minimum Gasteiger partial charge on any atom is -0.278 e. The second kappa shape index (κ2) is 5.70. The fourth-order valence-electron chi connectivity index (χ4n) is 2.20. The zero-order valence-electron chi connectivity index (χ0n) is 11.7. The van der Waals surface area contributed by atoms with Gasteiger partial charge in [-0.05, 0) is 52.7 Å². The van der Waals surface area contributed by atoms with Crippen molar-refractivity contribution in [2.45, 2.75) is 11.8 Å². The van der Waals surface area contributed by atoms with Crippen LogP contribution in [-0.4, -0.2) is 13.4 Å². The SMILES string of the molecule is Cc1cnc2c(S(=O)(=O)Nc3ccccc3Br)cccc2c1. The van der Waals surface area contributed by atoms with Crippen molar-refractivity contribution in [1.82, 2.24) is 4.98 Å². The highest BCUT2D eigenvalue weighted by Gasteiger charge is 2.19. The number of aryl methyl sites for hydroxylation is 1. The molecule has 0 amide bonds. The van der Waals surface area contributed by atoms with Gasteiger partial charge in [-0.1, -0.05) is 24.3 Å². The first kappa shape index (κ1) is 15.0. The van der Waals surface area contributed by atoms with Crippen molar-refractivity contribution in [3.63, 3.8) is 0 Å². The summed E-state index contributed by atoms with van der Waals surface area (Å²) in [5, 5.41) is 0.801. The number of hydrogen-bond donors (Lipinski definition) is 1. The number of halogens is 1. The first-order valence-corrected chi connectivity index (χ1v) is 8.88. The summed E-state index contributed by atoms with van der Waals surface area (Å²) in [6, 6.07) is 14.1. The molecule has 0 aliphatic rings. The van der Waals surface area contributed by atoms with Gasteiger partial charge in [0, 0.05) is 16.1 Å². The molecular weight excluding hydrogens is 364 g/mol. The van der Waals surface area contributed by atoms with Crippen molar-refractivity contribution < 1.29 is 8.42 Å². The average molecular weight is 377 g/mol. The van der Waals surface area contributed by atoms with Gasteiger partial charge in [0.05, 0.1) is 11.2 Å². The van der Waals surface area contributed by atoms with E-state index in [4.69, 9.17) is 0 Å². The summed E-state index contributed by atoms with van der Waals surface area (Å²) in [6.45, 7) is 1.92. The second-order valence-electron chi connectivity index (χ2n) is 4.93. The van der Waals surface area contributed by atoms with Gasteiger partial charge in [0.2, 0.25) is 0 Å². The number of para-hydroxylation sites is 2. The maximum Gasteiger partial charge on any atom is 0.264 e. The number of benzene rings is 2. The fourth-order valence-corrected chi connectivity index (χ4v) is 3.98. The van der Waals surface area contributed by atoms with E-state index in [1.165, 1.54) is 0 Å². The number of nitrogens with one attached hydrogen (secondary N) is 1. The minimum absolute atomic E-state index is 0.167. The highest BCUT2D eigenvalue weighted by molar-refractivity contribution is 9.10. The first-order chi connectivity index (χ1) is 10.5. The molecule has 0 saturated heterocycles. The predicted molar refractivity (Wildman–Crippen MR) is 91.4 cm³/mol. The van der Waals surface area contributed by atoms with Crippen molar-refractivity contribution in [1.29, 1.82) is 0 Å². The maximum atomic E-state index is 12.7. The summed E-state index contributed by atoms with van der Waals surface area (Å²) in [6.07, 6.45) is 1.67. The zero-order chi connectivity index (χ0) is 15.7. The Kier molecular flexibility index (Phi) is 3.88. The van der Waals surface area contributed by atoms with E-state index in [-0.39, 0.29) is 4.90 Å². The average Bonchev–Trinajstić information content (AvgIpc) is 2.48. The molecule has 6 heteroatoms. The molecule has 0 unspecified atom stereocenters. The highest BCUT2D eigenvalue weighted by Crippen LogP contribution is 2.27.